The number of hydrogen-bond acceptors (Lipinski definition) is 2. The second-order valence-electron chi connectivity index (χ2n) is 6.68. The lowest BCUT2D eigenvalue weighted by Gasteiger charge is -2.16. The Morgan fingerprint density at radius 2 is 1.63 bits per heavy atom. The Hall–Kier alpha value is -3.08. The number of hydrogen-bond donors (Lipinski definition) is 1. The number of anilines is 1. The molecule has 140 valence electrons. The maximum absolute atomic E-state index is 13.0. The second-order valence-corrected chi connectivity index (χ2v) is 6.68. The van der Waals surface area contributed by atoms with E-state index in [-0.39, 0.29) is 17.4 Å². The van der Waals surface area contributed by atoms with E-state index in [1.165, 1.54) is 0 Å². The highest BCUT2D eigenvalue weighted by Gasteiger charge is 2.24. The summed E-state index contributed by atoms with van der Waals surface area (Å²) >= 11 is 0. The fraction of sp³-hybridized carbons (Fsp3) is 0.273. The maximum Gasteiger partial charge on any atom is 0.295 e. The van der Waals surface area contributed by atoms with Crippen LogP contribution in [0.1, 0.15) is 36.9 Å². The summed E-state index contributed by atoms with van der Waals surface area (Å²) in [5.41, 5.74) is 2.57. The van der Waals surface area contributed by atoms with Crippen LogP contribution in [0.4, 0.5) is 5.69 Å². The number of nitrogens with zero attached hydrogens (tertiary/aromatic N) is 2. The van der Waals surface area contributed by atoms with Crippen LogP contribution < -0.4 is 10.9 Å². The minimum Gasteiger partial charge on any atom is -0.319 e. The summed E-state index contributed by atoms with van der Waals surface area (Å²) in [6.07, 6.45) is 1.61. The molecule has 1 amide bonds. The van der Waals surface area contributed by atoms with Crippen LogP contribution in [0.15, 0.2) is 65.5 Å². The Kier molecular flexibility index (Phi) is 5.60. The number of rotatable bonds is 6. The highest BCUT2D eigenvalue weighted by Crippen LogP contribution is 2.24. The minimum atomic E-state index is -0.277. The number of amides is 1. The first-order chi connectivity index (χ1) is 13.0. The molecule has 0 aliphatic rings. The number of carbonyl (C=O) groups excluding carboxylic acids is 1. The predicted octanol–water partition coefficient (Wildman–Crippen LogP) is 4.01. The smallest absolute Gasteiger partial charge is 0.295 e. The molecule has 5 nitrogen and oxygen atoms in total. The van der Waals surface area contributed by atoms with Crippen molar-refractivity contribution in [1.82, 2.24) is 9.36 Å². The molecule has 5 heteroatoms. The van der Waals surface area contributed by atoms with Gasteiger partial charge in [-0.15, -0.1) is 0 Å². The summed E-state index contributed by atoms with van der Waals surface area (Å²) in [4.78, 5) is 26.0. The predicted molar refractivity (Wildman–Crippen MR) is 108 cm³/mol. The molecule has 0 spiro atoms. The summed E-state index contributed by atoms with van der Waals surface area (Å²) in [7, 11) is 1.82. The summed E-state index contributed by atoms with van der Waals surface area (Å²) < 4.78 is 3.34. The first-order valence-electron chi connectivity index (χ1n) is 9.24. The van der Waals surface area contributed by atoms with Gasteiger partial charge in [-0.1, -0.05) is 61.9 Å². The number of para-hydroxylation sites is 1. The topological polar surface area (TPSA) is 56.0 Å². The van der Waals surface area contributed by atoms with Gasteiger partial charge in [0.15, 0.2) is 0 Å². The van der Waals surface area contributed by atoms with E-state index >= 15 is 0 Å². The molecule has 0 fully saturated rings. The maximum atomic E-state index is 13.0. The lowest BCUT2D eigenvalue weighted by atomic mass is 9.93. The fourth-order valence-electron chi connectivity index (χ4n) is 3.35. The summed E-state index contributed by atoms with van der Waals surface area (Å²) in [6, 6.07) is 19.1. The highest BCUT2D eigenvalue weighted by atomic mass is 16.2. The monoisotopic (exact) mass is 363 g/mol. The quantitative estimate of drug-likeness (QED) is 0.719. The average molecular weight is 363 g/mol. The Balaban J connectivity index is 1.96. The Bertz CT molecular complexity index is 972. The number of carbonyl (C=O) groups is 1. The van der Waals surface area contributed by atoms with Gasteiger partial charge in [0, 0.05) is 7.05 Å². The average Bonchev–Trinajstić information content (AvgIpc) is 2.90. The van der Waals surface area contributed by atoms with Crippen LogP contribution in [-0.2, 0) is 11.8 Å². The standard InChI is InChI=1S/C22H25N3O2/c1-4-11-19(17-12-7-5-8-13-17)21(26)23-20-16(2)24(3)25(22(20)27)18-14-9-6-10-15-18/h5-10,12-15,19H,4,11H2,1-3H3,(H,23,26). The van der Waals surface area contributed by atoms with Gasteiger partial charge in [0.05, 0.1) is 17.3 Å². The van der Waals surface area contributed by atoms with Gasteiger partial charge < -0.3 is 5.32 Å². The molecule has 1 aromatic heterocycles. The van der Waals surface area contributed by atoms with Crippen LogP contribution >= 0.6 is 0 Å². The van der Waals surface area contributed by atoms with Gasteiger partial charge >= 0.3 is 0 Å². The molecule has 3 aromatic rings. The normalized spacial score (nSPS) is 12.0. The lowest BCUT2D eigenvalue weighted by molar-refractivity contribution is -0.117. The van der Waals surface area contributed by atoms with Crippen molar-refractivity contribution >= 4 is 11.6 Å². The van der Waals surface area contributed by atoms with Crippen molar-refractivity contribution in [2.24, 2.45) is 7.05 Å². The van der Waals surface area contributed by atoms with Gasteiger partial charge in [-0.25, -0.2) is 4.68 Å². The summed E-state index contributed by atoms with van der Waals surface area (Å²) in [5, 5.41) is 2.90. The molecule has 0 bridgehead atoms. The van der Waals surface area contributed by atoms with Crippen LogP contribution in [-0.4, -0.2) is 15.3 Å². The molecule has 1 atom stereocenters. The molecule has 2 aromatic carbocycles. The van der Waals surface area contributed by atoms with Gasteiger partial charge in [0.2, 0.25) is 5.91 Å². The third kappa shape index (κ3) is 3.72. The number of nitrogens with one attached hydrogen (secondary N) is 1. The first kappa shape index (κ1) is 18.7. The third-order valence-electron chi connectivity index (χ3n) is 4.90. The molecular formula is C22H25N3O2. The Morgan fingerprint density at radius 3 is 2.22 bits per heavy atom. The molecule has 0 radical (unpaired) electrons. The van der Waals surface area contributed by atoms with Crippen molar-refractivity contribution in [2.45, 2.75) is 32.6 Å². The van der Waals surface area contributed by atoms with E-state index in [4.69, 9.17) is 0 Å². The van der Waals surface area contributed by atoms with Crippen molar-refractivity contribution in [1.29, 1.82) is 0 Å². The zero-order valence-corrected chi connectivity index (χ0v) is 16.0. The summed E-state index contributed by atoms with van der Waals surface area (Å²) in [6.45, 7) is 3.90. The molecule has 27 heavy (non-hydrogen) atoms. The molecule has 3 rings (SSSR count). The number of aromatic nitrogens is 2. The van der Waals surface area contributed by atoms with E-state index in [9.17, 15) is 9.59 Å². The molecule has 0 saturated carbocycles. The molecule has 1 unspecified atom stereocenters. The van der Waals surface area contributed by atoms with Gasteiger partial charge in [-0.05, 0) is 31.0 Å². The molecule has 1 heterocycles. The van der Waals surface area contributed by atoms with Gasteiger partial charge in [-0.2, -0.15) is 0 Å². The highest BCUT2D eigenvalue weighted by molar-refractivity contribution is 5.96. The van der Waals surface area contributed by atoms with Crippen molar-refractivity contribution < 1.29 is 4.79 Å². The zero-order valence-electron chi connectivity index (χ0n) is 16.0. The van der Waals surface area contributed by atoms with Crippen LogP contribution in [0.2, 0.25) is 0 Å². The van der Waals surface area contributed by atoms with E-state index in [0.29, 0.717) is 5.69 Å². The first-order valence-corrected chi connectivity index (χ1v) is 9.24. The third-order valence-corrected chi connectivity index (χ3v) is 4.90. The Morgan fingerprint density at radius 1 is 1.04 bits per heavy atom. The largest absolute Gasteiger partial charge is 0.319 e. The SMILES string of the molecule is CCCC(C(=O)Nc1c(C)n(C)n(-c2ccccc2)c1=O)c1ccccc1. The van der Waals surface area contributed by atoms with Gasteiger partial charge in [0.25, 0.3) is 5.56 Å². The van der Waals surface area contributed by atoms with Crippen LogP contribution in [0, 0.1) is 6.92 Å². The molecule has 0 saturated heterocycles. The van der Waals surface area contributed by atoms with E-state index in [0.717, 1.165) is 29.8 Å². The Labute approximate surface area is 159 Å². The molecular weight excluding hydrogens is 338 g/mol. The number of benzene rings is 2. The van der Waals surface area contributed by atoms with Crippen molar-refractivity contribution in [2.75, 3.05) is 5.32 Å². The van der Waals surface area contributed by atoms with E-state index in [2.05, 4.69) is 12.2 Å². The second kappa shape index (κ2) is 8.08. The van der Waals surface area contributed by atoms with Gasteiger partial charge in [-0.3, -0.25) is 14.3 Å². The van der Waals surface area contributed by atoms with Crippen LogP contribution in [0.3, 0.4) is 0 Å². The van der Waals surface area contributed by atoms with Crippen LogP contribution in [0.5, 0.6) is 0 Å². The van der Waals surface area contributed by atoms with E-state index < -0.39 is 0 Å². The zero-order chi connectivity index (χ0) is 19.4. The molecule has 0 aliphatic heterocycles. The van der Waals surface area contributed by atoms with Crippen LogP contribution in [0.25, 0.3) is 5.69 Å². The van der Waals surface area contributed by atoms with Crippen molar-refractivity contribution in [3.05, 3.63) is 82.3 Å². The minimum absolute atomic E-state index is 0.144. The van der Waals surface area contributed by atoms with E-state index in [1.807, 2.05) is 74.6 Å². The molecule has 1 N–H and O–H groups in total. The molecule has 0 aliphatic carbocycles. The van der Waals surface area contributed by atoms with E-state index in [1.54, 1.807) is 9.36 Å². The van der Waals surface area contributed by atoms with Crippen molar-refractivity contribution in [3.8, 4) is 5.69 Å². The lowest BCUT2D eigenvalue weighted by Crippen LogP contribution is -2.26. The van der Waals surface area contributed by atoms with Crippen molar-refractivity contribution in [3.63, 3.8) is 0 Å². The van der Waals surface area contributed by atoms with Gasteiger partial charge in [0.1, 0.15) is 5.69 Å². The summed E-state index contributed by atoms with van der Waals surface area (Å²) in [5.74, 6) is -0.422. The fourth-order valence-corrected chi connectivity index (χ4v) is 3.35.